The second-order valence-corrected chi connectivity index (χ2v) is 6.02. The average molecular weight is 305 g/mol. The quantitative estimate of drug-likeness (QED) is 0.794. The third-order valence-corrected chi connectivity index (χ3v) is 3.83. The Morgan fingerprint density at radius 1 is 1.00 bits per heavy atom. The largest absolute Gasteiger partial charge is 0.457 e. The molecule has 0 aromatic heterocycles. The van der Waals surface area contributed by atoms with Crippen molar-refractivity contribution in [3.05, 3.63) is 58.1 Å². The Bertz CT molecular complexity index is 633. The monoisotopic (exact) mass is 304 g/mol. The SMILES string of the molecule is Cc1cc(Cl)c(C(C)C)cc1Oc1ccccc1C(C)O. The predicted octanol–water partition coefficient (Wildman–Crippen LogP) is 5.62. The van der Waals surface area contributed by atoms with Crippen LogP contribution in [-0.2, 0) is 0 Å². The van der Waals surface area contributed by atoms with Gasteiger partial charge in [-0.2, -0.15) is 0 Å². The highest BCUT2D eigenvalue weighted by Gasteiger charge is 2.13. The Balaban J connectivity index is 2.43. The zero-order valence-electron chi connectivity index (χ0n) is 12.9. The molecule has 0 aliphatic carbocycles. The number of aryl methyl sites for hydroxylation is 1. The van der Waals surface area contributed by atoms with E-state index in [0.717, 1.165) is 27.5 Å². The lowest BCUT2D eigenvalue weighted by molar-refractivity contribution is 0.195. The molecule has 0 bridgehead atoms. The molecular formula is C18H21ClO2. The van der Waals surface area contributed by atoms with E-state index < -0.39 is 6.10 Å². The molecule has 0 spiro atoms. The van der Waals surface area contributed by atoms with Gasteiger partial charge in [0.25, 0.3) is 0 Å². The van der Waals surface area contributed by atoms with Crippen molar-refractivity contribution in [1.29, 1.82) is 0 Å². The Morgan fingerprint density at radius 3 is 2.29 bits per heavy atom. The van der Waals surface area contributed by atoms with Crippen molar-refractivity contribution in [3.8, 4) is 11.5 Å². The van der Waals surface area contributed by atoms with Crippen molar-refractivity contribution in [2.24, 2.45) is 0 Å². The zero-order valence-corrected chi connectivity index (χ0v) is 13.6. The summed E-state index contributed by atoms with van der Waals surface area (Å²) in [4.78, 5) is 0. The maximum Gasteiger partial charge on any atom is 0.133 e. The molecule has 3 heteroatoms. The van der Waals surface area contributed by atoms with Gasteiger partial charge in [-0.15, -0.1) is 0 Å². The van der Waals surface area contributed by atoms with Gasteiger partial charge in [0.15, 0.2) is 0 Å². The molecule has 112 valence electrons. The van der Waals surface area contributed by atoms with E-state index >= 15 is 0 Å². The van der Waals surface area contributed by atoms with Crippen LogP contribution in [0.1, 0.15) is 49.5 Å². The zero-order chi connectivity index (χ0) is 15.6. The summed E-state index contributed by atoms with van der Waals surface area (Å²) in [6.45, 7) is 7.90. The molecule has 0 heterocycles. The van der Waals surface area contributed by atoms with Crippen LogP contribution >= 0.6 is 11.6 Å². The minimum absolute atomic E-state index is 0.326. The molecule has 0 amide bonds. The lowest BCUT2D eigenvalue weighted by Gasteiger charge is -2.17. The number of rotatable bonds is 4. The lowest BCUT2D eigenvalue weighted by atomic mass is 10.0. The molecule has 21 heavy (non-hydrogen) atoms. The first-order valence-electron chi connectivity index (χ1n) is 7.15. The molecular weight excluding hydrogens is 284 g/mol. The van der Waals surface area contributed by atoms with Crippen LogP contribution in [0.2, 0.25) is 5.02 Å². The fourth-order valence-electron chi connectivity index (χ4n) is 2.26. The summed E-state index contributed by atoms with van der Waals surface area (Å²) in [7, 11) is 0. The topological polar surface area (TPSA) is 29.5 Å². The second-order valence-electron chi connectivity index (χ2n) is 5.61. The van der Waals surface area contributed by atoms with Crippen molar-refractivity contribution in [1.82, 2.24) is 0 Å². The molecule has 2 nitrogen and oxygen atoms in total. The van der Waals surface area contributed by atoms with Gasteiger partial charge < -0.3 is 9.84 Å². The van der Waals surface area contributed by atoms with Gasteiger partial charge in [0.1, 0.15) is 11.5 Å². The van der Waals surface area contributed by atoms with E-state index in [1.165, 1.54) is 0 Å². The van der Waals surface area contributed by atoms with Crippen LogP contribution in [0.3, 0.4) is 0 Å². The maximum atomic E-state index is 9.84. The van der Waals surface area contributed by atoms with Crippen LogP contribution < -0.4 is 4.74 Å². The predicted molar refractivity (Wildman–Crippen MR) is 87.4 cm³/mol. The standard InChI is InChI=1S/C18H21ClO2/c1-11(2)15-10-18(12(3)9-16(15)19)21-17-8-6-5-7-14(17)13(4)20/h5-11,13,20H,1-4H3. The number of aliphatic hydroxyl groups excluding tert-OH is 1. The second kappa shape index (κ2) is 6.50. The van der Waals surface area contributed by atoms with Gasteiger partial charge in [-0.05, 0) is 49.1 Å². The minimum Gasteiger partial charge on any atom is -0.457 e. The maximum absolute atomic E-state index is 9.84. The van der Waals surface area contributed by atoms with Gasteiger partial charge in [0, 0.05) is 10.6 Å². The summed E-state index contributed by atoms with van der Waals surface area (Å²) in [5.74, 6) is 1.77. The molecule has 0 saturated heterocycles. The van der Waals surface area contributed by atoms with Crippen LogP contribution in [0.4, 0.5) is 0 Å². The van der Waals surface area contributed by atoms with Crippen molar-refractivity contribution in [2.45, 2.75) is 39.7 Å². The first-order chi connectivity index (χ1) is 9.90. The number of hydrogen-bond acceptors (Lipinski definition) is 2. The van der Waals surface area contributed by atoms with Gasteiger partial charge >= 0.3 is 0 Å². The molecule has 0 saturated carbocycles. The highest BCUT2D eigenvalue weighted by atomic mass is 35.5. The third kappa shape index (κ3) is 3.58. The first kappa shape index (κ1) is 15.9. The van der Waals surface area contributed by atoms with E-state index in [2.05, 4.69) is 13.8 Å². The minimum atomic E-state index is -0.571. The van der Waals surface area contributed by atoms with E-state index in [-0.39, 0.29) is 0 Å². The first-order valence-corrected chi connectivity index (χ1v) is 7.52. The normalized spacial score (nSPS) is 12.5. The number of ether oxygens (including phenoxy) is 1. The molecule has 1 N–H and O–H groups in total. The van der Waals surface area contributed by atoms with Gasteiger partial charge in [-0.3, -0.25) is 0 Å². The highest BCUT2D eigenvalue weighted by Crippen LogP contribution is 2.35. The molecule has 0 aliphatic heterocycles. The number of halogens is 1. The van der Waals surface area contributed by atoms with Crippen LogP contribution in [-0.4, -0.2) is 5.11 Å². The number of hydrogen-bond donors (Lipinski definition) is 1. The molecule has 1 atom stereocenters. The number of para-hydroxylation sites is 1. The Hall–Kier alpha value is -1.51. The summed E-state index contributed by atoms with van der Waals surface area (Å²) in [5, 5.41) is 10.6. The highest BCUT2D eigenvalue weighted by molar-refractivity contribution is 6.31. The molecule has 2 aromatic rings. The van der Waals surface area contributed by atoms with E-state index in [4.69, 9.17) is 16.3 Å². The molecule has 1 unspecified atom stereocenters. The third-order valence-electron chi connectivity index (χ3n) is 3.51. The molecule has 2 aromatic carbocycles. The Labute approximate surface area is 131 Å². The van der Waals surface area contributed by atoms with Crippen molar-refractivity contribution < 1.29 is 9.84 Å². The van der Waals surface area contributed by atoms with E-state index in [1.54, 1.807) is 6.92 Å². The fourth-order valence-corrected chi connectivity index (χ4v) is 2.69. The van der Waals surface area contributed by atoms with Gasteiger partial charge in [0.05, 0.1) is 6.10 Å². The van der Waals surface area contributed by atoms with Crippen LogP contribution in [0.15, 0.2) is 36.4 Å². The van der Waals surface area contributed by atoms with Gasteiger partial charge in [0.2, 0.25) is 0 Å². The Kier molecular flexibility index (Phi) is 4.92. The van der Waals surface area contributed by atoms with Crippen molar-refractivity contribution >= 4 is 11.6 Å². The lowest BCUT2D eigenvalue weighted by Crippen LogP contribution is -1.98. The van der Waals surface area contributed by atoms with Crippen molar-refractivity contribution in [2.75, 3.05) is 0 Å². The summed E-state index contributed by atoms with van der Waals surface area (Å²) in [6.07, 6.45) is -0.571. The summed E-state index contributed by atoms with van der Waals surface area (Å²) < 4.78 is 6.03. The van der Waals surface area contributed by atoms with E-state index in [1.807, 2.05) is 43.3 Å². The fraction of sp³-hybridized carbons (Fsp3) is 0.333. The van der Waals surface area contributed by atoms with Crippen LogP contribution in [0.25, 0.3) is 0 Å². The summed E-state index contributed by atoms with van der Waals surface area (Å²) in [5.41, 5.74) is 2.81. The molecule has 2 rings (SSSR count). The van der Waals surface area contributed by atoms with Crippen LogP contribution in [0.5, 0.6) is 11.5 Å². The smallest absolute Gasteiger partial charge is 0.133 e. The Morgan fingerprint density at radius 2 is 1.67 bits per heavy atom. The molecule has 0 aliphatic rings. The van der Waals surface area contributed by atoms with Crippen molar-refractivity contribution in [3.63, 3.8) is 0 Å². The summed E-state index contributed by atoms with van der Waals surface area (Å²) in [6, 6.07) is 11.4. The van der Waals surface area contributed by atoms with Gasteiger partial charge in [-0.1, -0.05) is 43.6 Å². The number of benzene rings is 2. The van der Waals surface area contributed by atoms with E-state index in [9.17, 15) is 5.11 Å². The van der Waals surface area contributed by atoms with Crippen LogP contribution in [0, 0.1) is 6.92 Å². The molecule has 0 fully saturated rings. The summed E-state index contributed by atoms with van der Waals surface area (Å²) >= 11 is 6.29. The number of aliphatic hydroxyl groups is 1. The molecule has 0 radical (unpaired) electrons. The van der Waals surface area contributed by atoms with E-state index in [0.29, 0.717) is 11.7 Å². The van der Waals surface area contributed by atoms with Gasteiger partial charge in [-0.25, -0.2) is 0 Å². The average Bonchev–Trinajstić information content (AvgIpc) is 2.41.